The maximum atomic E-state index is 5.44. The molecule has 0 aromatic heterocycles. The van der Waals surface area contributed by atoms with Crippen LogP contribution in [0.3, 0.4) is 0 Å². The van der Waals surface area contributed by atoms with Crippen LogP contribution in [-0.4, -0.2) is 17.2 Å². The van der Waals surface area contributed by atoms with Gasteiger partial charge in [-0.1, -0.05) is 0 Å². The van der Waals surface area contributed by atoms with Crippen molar-refractivity contribution in [1.29, 1.82) is 0 Å². The standard InChI is InChI=1S/C16H28N2S/c1-10(2)17-15(19)18-11(3)16-7-12-4-13(8-16)6-14(5-12)9-16/h10-14H,4-9H2,1-3H3,(H2,17,18,19). The zero-order valence-electron chi connectivity index (χ0n) is 12.5. The molecule has 4 fully saturated rings. The predicted molar refractivity (Wildman–Crippen MR) is 84.1 cm³/mol. The summed E-state index contributed by atoms with van der Waals surface area (Å²) < 4.78 is 0. The molecular formula is C16H28N2S. The molecule has 4 aliphatic rings. The van der Waals surface area contributed by atoms with E-state index >= 15 is 0 Å². The second-order valence-corrected chi connectivity index (χ2v) is 8.18. The van der Waals surface area contributed by atoms with E-state index in [2.05, 4.69) is 31.4 Å². The lowest BCUT2D eigenvalue weighted by Gasteiger charge is -2.59. The van der Waals surface area contributed by atoms with Gasteiger partial charge in [0.1, 0.15) is 0 Å². The van der Waals surface area contributed by atoms with Crippen LogP contribution in [0.2, 0.25) is 0 Å². The summed E-state index contributed by atoms with van der Waals surface area (Å²) >= 11 is 5.44. The molecule has 0 spiro atoms. The summed E-state index contributed by atoms with van der Waals surface area (Å²) in [6, 6.07) is 0.947. The molecule has 19 heavy (non-hydrogen) atoms. The van der Waals surface area contributed by atoms with E-state index in [1.807, 2.05) is 0 Å². The minimum atomic E-state index is 0.420. The Kier molecular flexibility index (Phi) is 3.53. The molecule has 3 heteroatoms. The van der Waals surface area contributed by atoms with Gasteiger partial charge in [0.2, 0.25) is 0 Å². The van der Waals surface area contributed by atoms with Gasteiger partial charge >= 0.3 is 0 Å². The number of hydrogen-bond acceptors (Lipinski definition) is 1. The Morgan fingerprint density at radius 3 is 1.84 bits per heavy atom. The zero-order chi connectivity index (χ0) is 13.6. The van der Waals surface area contributed by atoms with Crippen LogP contribution in [0, 0.1) is 23.2 Å². The van der Waals surface area contributed by atoms with Gasteiger partial charge in [0.25, 0.3) is 0 Å². The Bertz CT molecular complexity index is 328. The van der Waals surface area contributed by atoms with Crippen molar-refractivity contribution >= 4 is 17.3 Å². The molecule has 0 radical (unpaired) electrons. The van der Waals surface area contributed by atoms with Gasteiger partial charge < -0.3 is 10.6 Å². The summed E-state index contributed by atoms with van der Waals surface area (Å²) in [6.45, 7) is 6.65. The molecule has 1 atom stereocenters. The lowest BCUT2D eigenvalue weighted by atomic mass is 9.48. The third kappa shape index (κ3) is 2.63. The van der Waals surface area contributed by atoms with Gasteiger partial charge in [-0.15, -0.1) is 0 Å². The Morgan fingerprint density at radius 1 is 0.947 bits per heavy atom. The molecule has 4 rings (SSSR count). The molecule has 0 saturated heterocycles. The summed E-state index contributed by atoms with van der Waals surface area (Å²) in [5.74, 6) is 3.05. The number of rotatable bonds is 3. The molecule has 0 aliphatic heterocycles. The average molecular weight is 280 g/mol. The van der Waals surface area contributed by atoms with Crippen molar-refractivity contribution in [3.8, 4) is 0 Å². The maximum Gasteiger partial charge on any atom is 0.166 e. The Balaban J connectivity index is 1.66. The Morgan fingerprint density at radius 2 is 1.42 bits per heavy atom. The third-order valence-electron chi connectivity index (χ3n) is 5.77. The topological polar surface area (TPSA) is 24.1 Å². The van der Waals surface area contributed by atoms with E-state index in [0.717, 1.165) is 22.9 Å². The van der Waals surface area contributed by atoms with Crippen LogP contribution in [0.1, 0.15) is 59.3 Å². The van der Waals surface area contributed by atoms with Crippen molar-refractivity contribution in [3.05, 3.63) is 0 Å². The van der Waals surface area contributed by atoms with Crippen molar-refractivity contribution in [1.82, 2.24) is 10.6 Å². The summed E-state index contributed by atoms with van der Waals surface area (Å²) in [4.78, 5) is 0. The molecule has 0 amide bonds. The molecular weight excluding hydrogens is 252 g/mol. The molecule has 4 aliphatic carbocycles. The van der Waals surface area contributed by atoms with Crippen LogP contribution in [0.15, 0.2) is 0 Å². The molecule has 2 N–H and O–H groups in total. The molecule has 0 aromatic rings. The van der Waals surface area contributed by atoms with E-state index in [0.29, 0.717) is 17.5 Å². The fourth-order valence-corrected chi connectivity index (χ4v) is 5.77. The van der Waals surface area contributed by atoms with E-state index < -0.39 is 0 Å². The lowest BCUT2D eigenvalue weighted by molar-refractivity contribution is -0.0672. The molecule has 1 unspecified atom stereocenters. The van der Waals surface area contributed by atoms with E-state index in [1.54, 1.807) is 0 Å². The van der Waals surface area contributed by atoms with E-state index in [9.17, 15) is 0 Å². The zero-order valence-corrected chi connectivity index (χ0v) is 13.4. The summed E-state index contributed by atoms with van der Waals surface area (Å²) in [5.41, 5.74) is 0.539. The van der Waals surface area contributed by atoms with Gasteiger partial charge in [0.15, 0.2) is 5.11 Å². The minimum Gasteiger partial charge on any atom is -0.361 e. The summed E-state index contributed by atoms with van der Waals surface area (Å²) in [7, 11) is 0. The van der Waals surface area contributed by atoms with Crippen LogP contribution in [-0.2, 0) is 0 Å². The Hall–Kier alpha value is -0.310. The molecule has 0 heterocycles. The number of thiocarbonyl (C=S) groups is 1. The predicted octanol–water partition coefficient (Wildman–Crippen LogP) is 3.46. The van der Waals surface area contributed by atoms with Crippen LogP contribution in [0.4, 0.5) is 0 Å². The first kappa shape index (κ1) is 13.7. The van der Waals surface area contributed by atoms with E-state index in [1.165, 1.54) is 38.5 Å². The lowest BCUT2D eigenvalue weighted by Crippen LogP contribution is -2.57. The summed E-state index contributed by atoms with van der Waals surface area (Å²) in [5, 5.41) is 7.76. The molecule has 4 saturated carbocycles. The van der Waals surface area contributed by atoms with Crippen LogP contribution in [0.25, 0.3) is 0 Å². The smallest absolute Gasteiger partial charge is 0.166 e. The first-order valence-corrected chi connectivity index (χ1v) is 8.45. The fraction of sp³-hybridized carbons (Fsp3) is 0.938. The van der Waals surface area contributed by atoms with E-state index in [-0.39, 0.29) is 0 Å². The highest BCUT2D eigenvalue weighted by atomic mass is 32.1. The van der Waals surface area contributed by atoms with Crippen LogP contribution in [0.5, 0.6) is 0 Å². The maximum absolute atomic E-state index is 5.44. The Labute approximate surface area is 123 Å². The number of nitrogens with one attached hydrogen (secondary N) is 2. The van der Waals surface area contributed by atoms with Crippen molar-refractivity contribution in [3.63, 3.8) is 0 Å². The van der Waals surface area contributed by atoms with Crippen molar-refractivity contribution < 1.29 is 0 Å². The normalized spacial score (nSPS) is 41.4. The van der Waals surface area contributed by atoms with Crippen molar-refractivity contribution in [2.75, 3.05) is 0 Å². The quantitative estimate of drug-likeness (QED) is 0.774. The molecule has 0 aromatic carbocycles. The monoisotopic (exact) mass is 280 g/mol. The highest BCUT2D eigenvalue weighted by Gasteiger charge is 2.53. The van der Waals surface area contributed by atoms with Gasteiger partial charge in [0.05, 0.1) is 0 Å². The second-order valence-electron chi connectivity index (χ2n) is 7.77. The second kappa shape index (κ2) is 4.91. The number of hydrogen-bond donors (Lipinski definition) is 2. The molecule has 108 valence electrons. The van der Waals surface area contributed by atoms with Crippen LogP contribution >= 0.6 is 12.2 Å². The highest BCUT2D eigenvalue weighted by molar-refractivity contribution is 7.80. The largest absolute Gasteiger partial charge is 0.361 e. The van der Waals surface area contributed by atoms with Gasteiger partial charge in [-0.05, 0) is 94.7 Å². The van der Waals surface area contributed by atoms with E-state index in [4.69, 9.17) is 12.2 Å². The first-order chi connectivity index (χ1) is 8.97. The SMILES string of the molecule is CC(C)NC(=S)NC(C)C12CC3CC(CC(C3)C1)C2. The fourth-order valence-electron chi connectivity index (χ4n) is 5.36. The highest BCUT2D eigenvalue weighted by Crippen LogP contribution is 2.61. The van der Waals surface area contributed by atoms with Gasteiger partial charge in [-0.2, -0.15) is 0 Å². The van der Waals surface area contributed by atoms with Crippen molar-refractivity contribution in [2.45, 2.75) is 71.4 Å². The first-order valence-electron chi connectivity index (χ1n) is 8.04. The summed E-state index contributed by atoms with van der Waals surface area (Å²) in [6.07, 6.45) is 8.87. The van der Waals surface area contributed by atoms with Crippen LogP contribution < -0.4 is 10.6 Å². The average Bonchev–Trinajstić information content (AvgIpc) is 2.25. The van der Waals surface area contributed by atoms with Gasteiger partial charge in [-0.3, -0.25) is 0 Å². The minimum absolute atomic E-state index is 0.420. The third-order valence-corrected chi connectivity index (χ3v) is 6.01. The van der Waals surface area contributed by atoms with Gasteiger partial charge in [0, 0.05) is 12.1 Å². The molecule has 4 bridgehead atoms. The molecule has 2 nitrogen and oxygen atoms in total. The van der Waals surface area contributed by atoms with Gasteiger partial charge in [-0.25, -0.2) is 0 Å². The van der Waals surface area contributed by atoms with Crippen molar-refractivity contribution in [2.24, 2.45) is 23.2 Å².